The molecule has 1 saturated heterocycles. The van der Waals surface area contributed by atoms with Gasteiger partial charge in [0.2, 0.25) is 5.91 Å². The largest absolute Gasteiger partial charge is 0.345 e. The van der Waals surface area contributed by atoms with Crippen molar-refractivity contribution in [3.63, 3.8) is 0 Å². The Bertz CT molecular complexity index is 796. The number of hydrogen-bond donors (Lipinski definition) is 1. The van der Waals surface area contributed by atoms with Gasteiger partial charge in [-0.05, 0) is 30.5 Å². The maximum Gasteiger partial charge on any atom is 0.251 e. The summed E-state index contributed by atoms with van der Waals surface area (Å²) < 4.78 is 2.08. The smallest absolute Gasteiger partial charge is 0.251 e. The number of carbonyl (C=O) groups excluding carboxylic acids is 2. The quantitative estimate of drug-likeness (QED) is 0.890. The molecule has 1 fully saturated rings. The van der Waals surface area contributed by atoms with Gasteiger partial charge in [-0.2, -0.15) is 0 Å². The van der Waals surface area contributed by atoms with Crippen LogP contribution in [0.4, 0.5) is 0 Å². The number of fused-ring (bicyclic) bond motifs is 1. The lowest BCUT2D eigenvalue weighted by Crippen LogP contribution is -2.25. The second-order valence-electron chi connectivity index (χ2n) is 6.59. The van der Waals surface area contributed by atoms with E-state index in [9.17, 15) is 9.59 Å². The zero-order chi connectivity index (χ0) is 17.2. The van der Waals surface area contributed by atoms with Gasteiger partial charge < -0.3 is 14.8 Å². The first kappa shape index (κ1) is 15.8. The highest BCUT2D eigenvalue weighted by atomic mass is 16.2. The average molecular weight is 339 g/mol. The number of hydrogen-bond acceptors (Lipinski definition) is 4. The number of aromatic nitrogens is 3. The van der Waals surface area contributed by atoms with E-state index < -0.39 is 0 Å². The van der Waals surface area contributed by atoms with Crippen LogP contribution in [0.5, 0.6) is 0 Å². The summed E-state index contributed by atoms with van der Waals surface area (Å²) in [5.41, 5.74) is 1.65. The summed E-state index contributed by atoms with van der Waals surface area (Å²) in [6.45, 7) is 2.75. The second-order valence-corrected chi connectivity index (χ2v) is 6.59. The monoisotopic (exact) mass is 339 g/mol. The van der Waals surface area contributed by atoms with Gasteiger partial charge in [-0.15, -0.1) is 10.2 Å². The van der Waals surface area contributed by atoms with E-state index in [0.29, 0.717) is 25.1 Å². The summed E-state index contributed by atoms with van der Waals surface area (Å²) >= 11 is 0. The minimum Gasteiger partial charge on any atom is -0.345 e. The molecule has 25 heavy (non-hydrogen) atoms. The molecule has 130 valence electrons. The Labute approximate surface area is 146 Å². The van der Waals surface area contributed by atoms with Gasteiger partial charge in [0.05, 0.1) is 6.54 Å². The number of aryl methyl sites for hydroxylation is 1. The summed E-state index contributed by atoms with van der Waals surface area (Å²) in [6, 6.07) is 7.43. The van der Waals surface area contributed by atoms with E-state index in [2.05, 4.69) is 20.1 Å². The molecule has 0 aliphatic carbocycles. The van der Waals surface area contributed by atoms with Crippen molar-refractivity contribution in [2.75, 3.05) is 6.54 Å². The second kappa shape index (κ2) is 6.66. The van der Waals surface area contributed by atoms with Gasteiger partial charge in [-0.1, -0.05) is 12.1 Å². The van der Waals surface area contributed by atoms with E-state index in [0.717, 1.165) is 49.6 Å². The molecule has 0 saturated carbocycles. The third-order valence-corrected chi connectivity index (χ3v) is 4.85. The molecule has 1 aromatic carbocycles. The number of nitrogens with zero attached hydrogens (tertiary/aromatic N) is 4. The highest BCUT2D eigenvalue weighted by Crippen LogP contribution is 2.16. The van der Waals surface area contributed by atoms with Crippen molar-refractivity contribution in [1.82, 2.24) is 25.0 Å². The van der Waals surface area contributed by atoms with Crippen LogP contribution in [0.25, 0.3) is 0 Å². The molecular formula is C18H21N5O2. The molecule has 0 radical (unpaired) electrons. The lowest BCUT2D eigenvalue weighted by molar-refractivity contribution is -0.128. The molecule has 0 atom stereocenters. The maximum absolute atomic E-state index is 12.3. The number of likely N-dealkylation sites (tertiary alicyclic amines) is 1. The first-order chi connectivity index (χ1) is 12.2. The van der Waals surface area contributed by atoms with Crippen LogP contribution in [0, 0.1) is 0 Å². The predicted octanol–water partition coefficient (Wildman–Crippen LogP) is 1.28. The van der Waals surface area contributed by atoms with Crippen molar-refractivity contribution in [2.45, 2.75) is 45.3 Å². The minimum absolute atomic E-state index is 0.126. The summed E-state index contributed by atoms with van der Waals surface area (Å²) in [4.78, 5) is 25.9. The number of rotatable bonds is 5. The fourth-order valence-corrected chi connectivity index (χ4v) is 3.46. The summed E-state index contributed by atoms with van der Waals surface area (Å²) in [7, 11) is 0. The van der Waals surface area contributed by atoms with Crippen molar-refractivity contribution >= 4 is 11.8 Å². The standard InChI is InChI=1S/C18H21N5O2/c24-17-4-2-9-22(17)12-13-5-7-14(8-6-13)18(25)19-11-16-21-20-15-3-1-10-23(15)16/h5-8H,1-4,9-12H2,(H,19,25). The van der Waals surface area contributed by atoms with E-state index in [1.807, 2.05) is 17.0 Å². The van der Waals surface area contributed by atoms with E-state index in [4.69, 9.17) is 0 Å². The fourth-order valence-electron chi connectivity index (χ4n) is 3.46. The Hall–Kier alpha value is -2.70. The molecule has 1 N–H and O–H groups in total. The van der Waals surface area contributed by atoms with Crippen LogP contribution in [0.15, 0.2) is 24.3 Å². The topological polar surface area (TPSA) is 80.1 Å². The summed E-state index contributed by atoms with van der Waals surface area (Å²) in [6.07, 6.45) is 3.63. The fraction of sp³-hybridized carbons (Fsp3) is 0.444. The van der Waals surface area contributed by atoms with Crippen molar-refractivity contribution in [3.05, 3.63) is 47.0 Å². The highest BCUT2D eigenvalue weighted by molar-refractivity contribution is 5.94. The van der Waals surface area contributed by atoms with Crippen molar-refractivity contribution in [1.29, 1.82) is 0 Å². The first-order valence-corrected chi connectivity index (χ1v) is 8.76. The number of nitrogens with one attached hydrogen (secondary N) is 1. The van der Waals surface area contributed by atoms with Gasteiger partial charge in [-0.25, -0.2) is 0 Å². The molecule has 7 heteroatoms. The van der Waals surface area contributed by atoms with Crippen LogP contribution < -0.4 is 5.32 Å². The first-order valence-electron chi connectivity index (χ1n) is 8.76. The Morgan fingerprint density at radius 2 is 1.88 bits per heavy atom. The Kier molecular flexibility index (Phi) is 4.21. The van der Waals surface area contributed by atoms with E-state index in [1.54, 1.807) is 12.1 Å². The van der Waals surface area contributed by atoms with Crippen LogP contribution in [0.1, 0.15) is 46.8 Å². The van der Waals surface area contributed by atoms with Crippen LogP contribution in [-0.2, 0) is 30.8 Å². The number of amides is 2. The Morgan fingerprint density at radius 1 is 1.08 bits per heavy atom. The lowest BCUT2D eigenvalue weighted by Gasteiger charge is -2.15. The van der Waals surface area contributed by atoms with Gasteiger partial charge in [0.25, 0.3) is 5.91 Å². The molecule has 4 rings (SSSR count). The van der Waals surface area contributed by atoms with Crippen molar-refractivity contribution in [3.8, 4) is 0 Å². The summed E-state index contributed by atoms with van der Waals surface area (Å²) in [5, 5.41) is 11.2. The minimum atomic E-state index is -0.126. The van der Waals surface area contributed by atoms with Crippen molar-refractivity contribution in [2.24, 2.45) is 0 Å². The van der Waals surface area contributed by atoms with Gasteiger partial charge in [0.1, 0.15) is 5.82 Å². The molecule has 2 amide bonds. The highest BCUT2D eigenvalue weighted by Gasteiger charge is 2.20. The van der Waals surface area contributed by atoms with Gasteiger partial charge in [0, 0.05) is 38.0 Å². The molecule has 2 aliphatic rings. The zero-order valence-electron chi connectivity index (χ0n) is 14.1. The normalized spacial score (nSPS) is 16.3. The molecule has 2 aromatic rings. The third-order valence-electron chi connectivity index (χ3n) is 4.85. The van der Waals surface area contributed by atoms with Gasteiger partial charge in [0.15, 0.2) is 5.82 Å². The Morgan fingerprint density at radius 3 is 2.64 bits per heavy atom. The lowest BCUT2D eigenvalue weighted by atomic mass is 10.1. The molecule has 1 aromatic heterocycles. The number of benzene rings is 1. The summed E-state index contributed by atoms with van der Waals surface area (Å²) in [5.74, 6) is 1.90. The molecule has 7 nitrogen and oxygen atoms in total. The SMILES string of the molecule is O=C(NCc1nnc2n1CCC2)c1ccc(CN2CCCC2=O)cc1. The van der Waals surface area contributed by atoms with Gasteiger partial charge >= 0.3 is 0 Å². The molecule has 0 spiro atoms. The van der Waals surface area contributed by atoms with Crippen LogP contribution >= 0.6 is 0 Å². The average Bonchev–Trinajstić information content (AvgIpc) is 3.32. The Balaban J connectivity index is 1.34. The van der Waals surface area contributed by atoms with E-state index in [1.165, 1.54) is 0 Å². The zero-order valence-corrected chi connectivity index (χ0v) is 14.1. The van der Waals surface area contributed by atoms with Crippen molar-refractivity contribution < 1.29 is 9.59 Å². The van der Waals surface area contributed by atoms with E-state index >= 15 is 0 Å². The molecular weight excluding hydrogens is 318 g/mol. The van der Waals surface area contributed by atoms with Crippen LogP contribution in [0.2, 0.25) is 0 Å². The maximum atomic E-state index is 12.3. The van der Waals surface area contributed by atoms with Crippen LogP contribution in [0.3, 0.4) is 0 Å². The predicted molar refractivity (Wildman–Crippen MR) is 90.6 cm³/mol. The number of carbonyl (C=O) groups is 2. The van der Waals surface area contributed by atoms with Gasteiger partial charge in [-0.3, -0.25) is 9.59 Å². The molecule has 2 aliphatic heterocycles. The van der Waals surface area contributed by atoms with E-state index in [-0.39, 0.29) is 11.8 Å². The molecule has 0 bridgehead atoms. The third kappa shape index (κ3) is 3.26. The molecule has 3 heterocycles. The molecule has 0 unspecified atom stereocenters. The van der Waals surface area contributed by atoms with Crippen LogP contribution in [-0.4, -0.2) is 38.0 Å².